The molecular weight excluding hydrogens is 206 g/mol. The topological polar surface area (TPSA) is 26.0 Å². The predicted molar refractivity (Wildman–Crippen MR) is 46.4 cm³/mol. The summed E-state index contributed by atoms with van der Waals surface area (Å²) in [6.07, 6.45) is 0. The Morgan fingerprint density at radius 1 is 1.45 bits per heavy atom. The maximum Gasteiger partial charge on any atom is 0.192 e. The molecule has 0 atom stereocenters. The van der Waals surface area contributed by atoms with E-state index >= 15 is 0 Å². The van der Waals surface area contributed by atoms with Gasteiger partial charge in [-0.05, 0) is 18.2 Å². The summed E-state index contributed by atoms with van der Waals surface area (Å²) in [6.45, 7) is 1.84. The molecule has 0 amide bonds. The van der Waals surface area contributed by atoms with Gasteiger partial charge < -0.3 is 4.42 Å². The van der Waals surface area contributed by atoms with Crippen molar-refractivity contribution in [1.29, 1.82) is 0 Å². The van der Waals surface area contributed by atoms with E-state index < -0.39 is 0 Å². The van der Waals surface area contributed by atoms with Gasteiger partial charge in [0, 0.05) is 11.4 Å². The standard InChI is InChI=1S/C8H6BrNO/c1-5-10-7-4-6(9)2-3-8(7)11-5/h2-4H,1H3. The molecule has 1 heterocycles. The molecule has 0 aliphatic heterocycles. The van der Waals surface area contributed by atoms with Crippen LogP contribution in [0.2, 0.25) is 0 Å². The third-order valence-corrected chi connectivity index (χ3v) is 1.95. The minimum absolute atomic E-state index is 0.707. The molecule has 11 heavy (non-hydrogen) atoms. The molecule has 0 aliphatic carbocycles. The Balaban J connectivity index is 2.82. The average Bonchev–Trinajstić information content (AvgIpc) is 2.27. The van der Waals surface area contributed by atoms with E-state index in [0.29, 0.717) is 5.89 Å². The van der Waals surface area contributed by atoms with E-state index in [4.69, 9.17) is 4.42 Å². The molecule has 0 aliphatic rings. The monoisotopic (exact) mass is 211 g/mol. The van der Waals surface area contributed by atoms with Crippen LogP contribution in [0.1, 0.15) is 5.89 Å². The number of oxazole rings is 1. The van der Waals surface area contributed by atoms with Crippen LogP contribution in [0.5, 0.6) is 0 Å². The molecule has 0 unspecified atom stereocenters. The summed E-state index contributed by atoms with van der Waals surface area (Å²) in [4.78, 5) is 4.18. The van der Waals surface area contributed by atoms with Gasteiger partial charge >= 0.3 is 0 Å². The molecule has 2 rings (SSSR count). The van der Waals surface area contributed by atoms with Crippen molar-refractivity contribution in [1.82, 2.24) is 4.98 Å². The summed E-state index contributed by atoms with van der Waals surface area (Å²) in [5.74, 6) is 0.707. The Hall–Kier alpha value is -0.830. The molecule has 0 N–H and O–H groups in total. The Bertz CT molecular complexity index is 394. The summed E-state index contributed by atoms with van der Waals surface area (Å²) < 4.78 is 6.32. The largest absolute Gasteiger partial charge is 0.441 e. The summed E-state index contributed by atoms with van der Waals surface area (Å²) >= 11 is 3.36. The number of fused-ring (bicyclic) bond motifs is 1. The van der Waals surface area contributed by atoms with Gasteiger partial charge in [-0.15, -0.1) is 0 Å². The van der Waals surface area contributed by atoms with Gasteiger partial charge in [0.05, 0.1) is 0 Å². The molecule has 0 saturated heterocycles. The number of halogens is 1. The van der Waals surface area contributed by atoms with Crippen molar-refractivity contribution < 1.29 is 4.42 Å². The molecule has 0 bridgehead atoms. The lowest BCUT2D eigenvalue weighted by Gasteiger charge is -1.85. The first-order valence-corrected chi connectivity index (χ1v) is 4.08. The molecule has 1 aromatic heterocycles. The third kappa shape index (κ3) is 1.16. The van der Waals surface area contributed by atoms with Crippen LogP contribution >= 0.6 is 15.9 Å². The zero-order valence-electron chi connectivity index (χ0n) is 5.97. The molecule has 2 nitrogen and oxygen atoms in total. The maximum atomic E-state index is 5.29. The Morgan fingerprint density at radius 3 is 3.09 bits per heavy atom. The van der Waals surface area contributed by atoms with E-state index in [9.17, 15) is 0 Å². The fourth-order valence-corrected chi connectivity index (χ4v) is 1.36. The minimum atomic E-state index is 0.707. The number of benzene rings is 1. The predicted octanol–water partition coefficient (Wildman–Crippen LogP) is 2.90. The van der Waals surface area contributed by atoms with Crippen molar-refractivity contribution >= 4 is 27.0 Å². The zero-order valence-corrected chi connectivity index (χ0v) is 7.55. The van der Waals surface area contributed by atoms with E-state index in [1.54, 1.807) is 0 Å². The second kappa shape index (κ2) is 2.34. The molecule has 2 aromatic rings. The Labute approximate surface area is 72.4 Å². The first kappa shape index (κ1) is 6.85. The van der Waals surface area contributed by atoms with Crippen molar-refractivity contribution in [2.45, 2.75) is 6.92 Å². The number of hydrogen-bond donors (Lipinski definition) is 0. The van der Waals surface area contributed by atoms with E-state index in [-0.39, 0.29) is 0 Å². The van der Waals surface area contributed by atoms with Gasteiger partial charge in [-0.1, -0.05) is 15.9 Å². The lowest BCUT2D eigenvalue weighted by molar-refractivity contribution is 0.561. The molecule has 56 valence electrons. The summed E-state index contributed by atoms with van der Waals surface area (Å²) in [7, 11) is 0. The summed E-state index contributed by atoms with van der Waals surface area (Å²) in [5, 5.41) is 0. The van der Waals surface area contributed by atoms with Gasteiger partial charge in [-0.2, -0.15) is 0 Å². The van der Waals surface area contributed by atoms with Gasteiger partial charge in [0.25, 0.3) is 0 Å². The van der Waals surface area contributed by atoms with E-state index in [1.165, 1.54) is 0 Å². The van der Waals surface area contributed by atoms with Gasteiger partial charge in [-0.25, -0.2) is 4.98 Å². The minimum Gasteiger partial charge on any atom is -0.441 e. The molecule has 0 radical (unpaired) electrons. The van der Waals surface area contributed by atoms with Crippen LogP contribution in [0.15, 0.2) is 27.1 Å². The highest BCUT2D eigenvalue weighted by Gasteiger charge is 2.00. The van der Waals surface area contributed by atoms with Crippen LogP contribution in [-0.2, 0) is 0 Å². The van der Waals surface area contributed by atoms with E-state index in [1.807, 2.05) is 25.1 Å². The number of hydrogen-bond acceptors (Lipinski definition) is 2. The fraction of sp³-hybridized carbons (Fsp3) is 0.125. The normalized spacial score (nSPS) is 10.7. The van der Waals surface area contributed by atoms with E-state index in [2.05, 4.69) is 20.9 Å². The smallest absolute Gasteiger partial charge is 0.192 e. The van der Waals surface area contributed by atoms with Crippen molar-refractivity contribution in [2.75, 3.05) is 0 Å². The maximum absolute atomic E-state index is 5.29. The Morgan fingerprint density at radius 2 is 2.27 bits per heavy atom. The number of aryl methyl sites for hydroxylation is 1. The molecular formula is C8H6BrNO. The third-order valence-electron chi connectivity index (χ3n) is 1.46. The molecule has 0 spiro atoms. The van der Waals surface area contributed by atoms with Crippen LogP contribution in [-0.4, -0.2) is 4.98 Å². The zero-order chi connectivity index (χ0) is 7.84. The second-order valence-electron chi connectivity index (χ2n) is 2.34. The van der Waals surface area contributed by atoms with Crippen LogP contribution < -0.4 is 0 Å². The number of aromatic nitrogens is 1. The highest BCUT2D eigenvalue weighted by molar-refractivity contribution is 9.10. The van der Waals surface area contributed by atoms with Crippen LogP contribution in [0, 0.1) is 6.92 Å². The van der Waals surface area contributed by atoms with Gasteiger partial charge in [-0.3, -0.25) is 0 Å². The van der Waals surface area contributed by atoms with Crippen molar-refractivity contribution in [3.05, 3.63) is 28.6 Å². The highest BCUT2D eigenvalue weighted by Crippen LogP contribution is 2.19. The number of nitrogens with zero attached hydrogens (tertiary/aromatic N) is 1. The van der Waals surface area contributed by atoms with Crippen LogP contribution in [0.3, 0.4) is 0 Å². The number of rotatable bonds is 0. The van der Waals surface area contributed by atoms with Crippen LogP contribution in [0.4, 0.5) is 0 Å². The van der Waals surface area contributed by atoms with Crippen molar-refractivity contribution in [2.24, 2.45) is 0 Å². The molecule has 0 fully saturated rings. The quantitative estimate of drug-likeness (QED) is 0.670. The van der Waals surface area contributed by atoms with Crippen molar-refractivity contribution in [3.8, 4) is 0 Å². The molecule has 1 aromatic carbocycles. The summed E-state index contributed by atoms with van der Waals surface area (Å²) in [6, 6.07) is 5.78. The lowest BCUT2D eigenvalue weighted by atomic mass is 10.3. The molecule has 3 heteroatoms. The fourth-order valence-electron chi connectivity index (χ4n) is 1.02. The highest BCUT2D eigenvalue weighted by atomic mass is 79.9. The SMILES string of the molecule is Cc1nc2cc(Br)ccc2o1. The first-order chi connectivity index (χ1) is 5.25. The van der Waals surface area contributed by atoms with Crippen LogP contribution in [0.25, 0.3) is 11.1 Å². The van der Waals surface area contributed by atoms with E-state index in [0.717, 1.165) is 15.6 Å². The average molecular weight is 212 g/mol. The Kier molecular flexibility index (Phi) is 1.46. The first-order valence-electron chi connectivity index (χ1n) is 3.28. The van der Waals surface area contributed by atoms with Gasteiger partial charge in [0.15, 0.2) is 11.5 Å². The van der Waals surface area contributed by atoms with Gasteiger partial charge in [0.2, 0.25) is 0 Å². The second-order valence-corrected chi connectivity index (χ2v) is 3.26. The molecule has 0 saturated carbocycles. The lowest BCUT2D eigenvalue weighted by Crippen LogP contribution is -1.67. The van der Waals surface area contributed by atoms with Crippen molar-refractivity contribution in [3.63, 3.8) is 0 Å². The van der Waals surface area contributed by atoms with Gasteiger partial charge in [0.1, 0.15) is 5.52 Å². The summed E-state index contributed by atoms with van der Waals surface area (Å²) in [5.41, 5.74) is 1.74.